The molecule has 4 bridgehead atoms. The molecule has 1 aromatic heterocycles. The van der Waals surface area contributed by atoms with E-state index in [0.717, 1.165) is 64.4 Å². The first-order valence-electron chi connectivity index (χ1n) is 16.0. The largest absolute Gasteiger partial charge is 0.378 e. The van der Waals surface area contributed by atoms with Gasteiger partial charge in [0.2, 0.25) is 0 Å². The van der Waals surface area contributed by atoms with Crippen molar-refractivity contribution in [2.75, 3.05) is 5.32 Å². The van der Waals surface area contributed by atoms with Gasteiger partial charge in [-0.25, -0.2) is 9.07 Å². The van der Waals surface area contributed by atoms with Gasteiger partial charge in [-0.1, -0.05) is 35.0 Å². The number of rotatable bonds is 7. The Kier molecular flexibility index (Phi) is 6.26. The molecule has 9 rings (SSSR count). The van der Waals surface area contributed by atoms with Crippen LogP contribution in [0.5, 0.6) is 0 Å². The molecule has 2 unspecified atom stereocenters. The van der Waals surface area contributed by atoms with Crippen molar-refractivity contribution >= 4 is 37.0 Å². The van der Waals surface area contributed by atoms with Crippen LogP contribution in [0.1, 0.15) is 88.1 Å². The lowest BCUT2D eigenvalue weighted by molar-refractivity contribution is -0.0310. The van der Waals surface area contributed by atoms with Gasteiger partial charge in [0.05, 0.1) is 33.9 Å². The molecular formula is C34H39BClFN6. The van der Waals surface area contributed by atoms with Gasteiger partial charge in [-0.05, 0) is 118 Å². The van der Waals surface area contributed by atoms with Crippen molar-refractivity contribution in [2.45, 2.75) is 87.8 Å². The molecule has 6 nitrogen and oxygen atoms in total. The second kappa shape index (κ2) is 9.77. The molecule has 2 heterocycles. The Labute approximate surface area is 259 Å². The Morgan fingerprint density at radius 2 is 1.74 bits per heavy atom. The molecule has 6 aliphatic rings. The number of hydrogen-bond donors (Lipinski definition) is 2. The van der Waals surface area contributed by atoms with Gasteiger partial charge in [0.25, 0.3) is 0 Å². The minimum absolute atomic E-state index is 0.139. The van der Waals surface area contributed by atoms with E-state index in [1.807, 2.05) is 35.3 Å². The lowest BCUT2D eigenvalue weighted by Gasteiger charge is -2.59. The van der Waals surface area contributed by atoms with E-state index in [4.69, 9.17) is 16.6 Å². The number of nitrogens with zero attached hydrogens (tertiary/aromatic N) is 4. The first kappa shape index (κ1) is 27.6. The third-order valence-corrected chi connectivity index (χ3v) is 11.4. The summed E-state index contributed by atoms with van der Waals surface area (Å²) in [5.74, 6) is 2.24. The summed E-state index contributed by atoms with van der Waals surface area (Å²) in [6.07, 6.45) is 16.4. The Hall–Kier alpha value is -2.97. The van der Waals surface area contributed by atoms with E-state index in [1.165, 1.54) is 50.7 Å². The van der Waals surface area contributed by atoms with E-state index in [0.29, 0.717) is 11.1 Å². The Bertz CT molecular complexity index is 1610. The zero-order chi connectivity index (χ0) is 29.6. The molecule has 2 aromatic carbocycles. The van der Waals surface area contributed by atoms with Crippen LogP contribution >= 0.6 is 11.6 Å². The second-order valence-electron chi connectivity index (χ2n) is 14.4. The van der Waals surface area contributed by atoms with Crippen molar-refractivity contribution in [1.29, 1.82) is 0 Å². The highest BCUT2D eigenvalue weighted by molar-refractivity contribution is 6.34. The van der Waals surface area contributed by atoms with Crippen LogP contribution in [0.25, 0.3) is 0 Å². The van der Waals surface area contributed by atoms with Crippen molar-refractivity contribution in [3.63, 3.8) is 0 Å². The number of anilines is 1. The number of halogens is 2. The van der Waals surface area contributed by atoms with Gasteiger partial charge in [-0.15, -0.1) is 5.10 Å². The summed E-state index contributed by atoms with van der Waals surface area (Å²) in [4.78, 5) is 4.87. The summed E-state index contributed by atoms with van der Waals surface area (Å²) in [6, 6.07) is 11.2. The molecule has 3 aromatic rings. The molecule has 0 spiro atoms. The summed E-state index contributed by atoms with van der Waals surface area (Å²) in [6.45, 7) is 4.41. The molecular weight excluding hydrogens is 558 g/mol. The van der Waals surface area contributed by atoms with Crippen LogP contribution in [0.2, 0.25) is 5.02 Å². The molecule has 0 saturated heterocycles. The third-order valence-electron chi connectivity index (χ3n) is 11.1. The fourth-order valence-electron chi connectivity index (χ4n) is 9.28. The number of nitrogens with one attached hydrogen (secondary N) is 2. The van der Waals surface area contributed by atoms with Crippen molar-refractivity contribution in [1.82, 2.24) is 20.3 Å². The zero-order valence-electron chi connectivity index (χ0n) is 25.2. The lowest BCUT2D eigenvalue weighted by atomic mass is 9.52. The van der Waals surface area contributed by atoms with Gasteiger partial charge in [-0.2, -0.15) is 0 Å². The van der Waals surface area contributed by atoms with Crippen LogP contribution in [0.4, 0.5) is 15.8 Å². The summed E-state index contributed by atoms with van der Waals surface area (Å²) < 4.78 is 16.0. The van der Waals surface area contributed by atoms with Crippen molar-refractivity contribution in [3.8, 4) is 0 Å². The Morgan fingerprint density at radius 3 is 2.37 bits per heavy atom. The van der Waals surface area contributed by atoms with Crippen LogP contribution in [0.15, 0.2) is 59.2 Å². The van der Waals surface area contributed by atoms with E-state index >= 15 is 0 Å². The molecule has 0 amide bonds. The summed E-state index contributed by atoms with van der Waals surface area (Å²) in [5, 5.41) is 17.7. The third kappa shape index (κ3) is 4.59. The number of hydrogen-bond acceptors (Lipinski definition) is 5. The standard InChI is InChI=1S/C34H39BClFN6/c1-3-23-18-38-31-28(32(23,2)41-33-15-20-10-21(16-33)12-22(11-20)17-33)13-26(14-29(31)36)39-34(35,24-4-6-25(37)7-5-24)30-19-43(42-40-30)27-8-9-27/h3-7,13-14,18-22,27,39,41H,8-12,15-17,35H2,1-2H3/b23-3-. The molecule has 5 saturated carbocycles. The molecule has 5 fully saturated rings. The second-order valence-corrected chi connectivity index (χ2v) is 14.8. The van der Waals surface area contributed by atoms with Gasteiger partial charge < -0.3 is 5.32 Å². The average molecular weight is 597 g/mol. The van der Waals surface area contributed by atoms with E-state index in [9.17, 15) is 4.39 Å². The number of allylic oxidation sites excluding steroid dienone is 1. The quantitative estimate of drug-likeness (QED) is 0.295. The van der Waals surface area contributed by atoms with Crippen LogP contribution in [-0.2, 0) is 11.0 Å². The van der Waals surface area contributed by atoms with Crippen molar-refractivity contribution < 1.29 is 4.39 Å². The van der Waals surface area contributed by atoms with Gasteiger partial charge in [0, 0.05) is 23.0 Å². The van der Waals surface area contributed by atoms with Crippen LogP contribution in [0.3, 0.4) is 0 Å². The molecule has 1 aliphatic heterocycles. The van der Waals surface area contributed by atoms with Crippen LogP contribution < -0.4 is 10.6 Å². The summed E-state index contributed by atoms with van der Waals surface area (Å²) in [7, 11) is 2.08. The molecule has 2 N–H and O–H groups in total. The zero-order valence-corrected chi connectivity index (χ0v) is 26.0. The molecule has 0 radical (unpaired) electrons. The fourth-order valence-corrected chi connectivity index (χ4v) is 9.55. The first-order valence-corrected chi connectivity index (χ1v) is 16.3. The topological polar surface area (TPSA) is 67.1 Å². The number of aromatic nitrogens is 3. The highest BCUT2D eigenvalue weighted by Gasteiger charge is 2.54. The van der Waals surface area contributed by atoms with Crippen molar-refractivity contribution in [2.24, 2.45) is 22.7 Å². The van der Waals surface area contributed by atoms with Gasteiger partial charge >= 0.3 is 0 Å². The van der Waals surface area contributed by atoms with Gasteiger partial charge in [0.1, 0.15) is 19.4 Å². The number of fused-ring (bicyclic) bond motifs is 1. The minimum atomic E-state index is -0.774. The maximum Gasteiger partial charge on any atom is 0.148 e. The van der Waals surface area contributed by atoms with Crippen LogP contribution in [0, 0.1) is 23.6 Å². The summed E-state index contributed by atoms with van der Waals surface area (Å²) >= 11 is 7.05. The van der Waals surface area contributed by atoms with Gasteiger partial charge in [0.15, 0.2) is 0 Å². The van der Waals surface area contributed by atoms with Crippen molar-refractivity contribution in [3.05, 3.63) is 81.9 Å². The molecule has 222 valence electrons. The lowest BCUT2D eigenvalue weighted by Crippen LogP contribution is -2.64. The fraction of sp³-hybridized carbons (Fsp3) is 0.500. The maximum absolute atomic E-state index is 14.0. The molecule has 5 aliphatic carbocycles. The van der Waals surface area contributed by atoms with Gasteiger partial charge in [-0.3, -0.25) is 10.3 Å². The smallest absolute Gasteiger partial charge is 0.148 e. The molecule has 9 heteroatoms. The van der Waals surface area contributed by atoms with E-state index in [1.54, 1.807) is 0 Å². The normalized spacial score (nSPS) is 33.0. The van der Waals surface area contributed by atoms with Crippen LogP contribution in [-0.4, -0.2) is 34.6 Å². The highest BCUT2D eigenvalue weighted by atomic mass is 35.5. The minimum Gasteiger partial charge on any atom is -0.378 e. The highest BCUT2D eigenvalue weighted by Crippen LogP contribution is 2.57. The first-order chi connectivity index (χ1) is 20.7. The number of aliphatic imine (C=N–C) groups is 1. The van der Waals surface area contributed by atoms with E-state index in [-0.39, 0.29) is 11.4 Å². The molecule has 2 atom stereocenters. The van der Waals surface area contributed by atoms with E-state index < -0.39 is 11.0 Å². The number of benzene rings is 2. The molecule has 43 heavy (non-hydrogen) atoms. The monoisotopic (exact) mass is 596 g/mol. The predicted octanol–water partition coefficient (Wildman–Crippen LogP) is 6.79. The SMILES string of the molecule is BC(Nc1cc(Cl)c2c(c1)C(C)(NC13CC4CC(CC(C4)C1)C3)/C(=C\C)C=N2)(c1ccc(F)cc1)c1cn(C2CC2)nn1. The Morgan fingerprint density at radius 1 is 1.07 bits per heavy atom. The maximum atomic E-state index is 14.0. The Balaban J connectivity index is 1.21. The average Bonchev–Trinajstić information content (AvgIpc) is 3.68. The predicted molar refractivity (Wildman–Crippen MR) is 172 cm³/mol. The summed E-state index contributed by atoms with van der Waals surface area (Å²) in [5.41, 5.74) is 4.52. The van der Waals surface area contributed by atoms with E-state index in [2.05, 4.69) is 54.8 Å².